The van der Waals surface area contributed by atoms with E-state index in [2.05, 4.69) is 59.4 Å². The third kappa shape index (κ3) is 4.20. The minimum Gasteiger partial charge on any atom is -0.307 e. The Morgan fingerprint density at radius 2 is 2.00 bits per heavy atom. The highest BCUT2D eigenvalue weighted by Gasteiger charge is 2.18. The quantitative estimate of drug-likeness (QED) is 0.697. The Morgan fingerprint density at radius 1 is 1.20 bits per heavy atom. The fraction of sp³-hybridized carbons (Fsp3) is 0.556. The molecule has 0 heterocycles. The van der Waals surface area contributed by atoms with Crippen LogP contribution in [0.2, 0.25) is 0 Å². The standard InChI is InChI=1S/C18H26BrN/c1-3-20-18(15-9-7-5-4-6-8-10-15)16-13-14(2)11-12-17(16)19/h9,11-13,18,20H,3-8,10H2,1-2H3/b15-9+. The second kappa shape index (κ2) is 7.99. The molecule has 0 aliphatic heterocycles. The van der Waals surface area contributed by atoms with Crippen molar-refractivity contribution in [3.05, 3.63) is 45.4 Å². The van der Waals surface area contributed by atoms with Gasteiger partial charge in [-0.25, -0.2) is 0 Å². The lowest BCUT2D eigenvalue weighted by molar-refractivity contribution is 0.552. The first-order valence-corrected chi connectivity index (χ1v) is 8.70. The first-order chi connectivity index (χ1) is 9.72. The Kier molecular flexibility index (Phi) is 6.31. The van der Waals surface area contributed by atoms with Crippen molar-refractivity contribution in [3.63, 3.8) is 0 Å². The molecule has 1 nitrogen and oxygen atoms in total. The van der Waals surface area contributed by atoms with Gasteiger partial charge in [0.25, 0.3) is 0 Å². The van der Waals surface area contributed by atoms with Crippen LogP contribution in [0.1, 0.15) is 62.6 Å². The Hall–Kier alpha value is -0.600. The second-order valence-electron chi connectivity index (χ2n) is 5.75. The first-order valence-electron chi connectivity index (χ1n) is 7.90. The molecule has 1 aliphatic rings. The molecule has 0 spiro atoms. The van der Waals surface area contributed by atoms with E-state index in [1.807, 2.05) is 0 Å². The van der Waals surface area contributed by atoms with E-state index < -0.39 is 0 Å². The van der Waals surface area contributed by atoms with Crippen LogP contribution in [0.25, 0.3) is 0 Å². The van der Waals surface area contributed by atoms with Crippen LogP contribution in [-0.2, 0) is 0 Å². The van der Waals surface area contributed by atoms with E-state index in [-0.39, 0.29) is 0 Å². The van der Waals surface area contributed by atoms with Crippen molar-refractivity contribution >= 4 is 15.9 Å². The molecule has 1 N–H and O–H groups in total. The van der Waals surface area contributed by atoms with Crippen LogP contribution in [0, 0.1) is 6.92 Å². The number of benzene rings is 1. The predicted octanol–water partition coefficient (Wildman–Crippen LogP) is 5.69. The minimum atomic E-state index is 0.368. The third-order valence-electron chi connectivity index (χ3n) is 4.07. The summed E-state index contributed by atoms with van der Waals surface area (Å²) in [5, 5.41) is 3.69. The molecule has 0 saturated heterocycles. The number of allylic oxidation sites excluding steroid dienone is 1. The zero-order chi connectivity index (χ0) is 14.4. The molecule has 1 aromatic rings. The van der Waals surface area contributed by atoms with Gasteiger partial charge >= 0.3 is 0 Å². The first kappa shape index (κ1) is 15.8. The summed E-state index contributed by atoms with van der Waals surface area (Å²) in [5.74, 6) is 0. The van der Waals surface area contributed by atoms with E-state index in [9.17, 15) is 0 Å². The monoisotopic (exact) mass is 335 g/mol. The van der Waals surface area contributed by atoms with Crippen LogP contribution in [0.15, 0.2) is 34.3 Å². The normalized spacial score (nSPS) is 20.6. The van der Waals surface area contributed by atoms with Gasteiger partial charge in [0.15, 0.2) is 0 Å². The summed E-state index contributed by atoms with van der Waals surface area (Å²) >= 11 is 3.74. The van der Waals surface area contributed by atoms with Crippen LogP contribution < -0.4 is 5.32 Å². The minimum absolute atomic E-state index is 0.368. The summed E-state index contributed by atoms with van der Waals surface area (Å²) in [5.41, 5.74) is 4.30. The molecule has 0 radical (unpaired) electrons. The average Bonchev–Trinajstić information content (AvgIpc) is 2.40. The van der Waals surface area contributed by atoms with E-state index in [1.54, 1.807) is 5.57 Å². The summed E-state index contributed by atoms with van der Waals surface area (Å²) in [6.45, 7) is 5.37. The fourth-order valence-corrected chi connectivity index (χ4v) is 3.48. The van der Waals surface area contributed by atoms with Gasteiger partial charge < -0.3 is 5.32 Å². The number of likely N-dealkylation sites (N-methyl/N-ethyl adjacent to an activating group) is 1. The van der Waals surface area contributed by atoms with Gasteiger partial charge in [0, 0.05) is 4.47 Å². The maximum absolute atomic E-state index is 3.74. The summed E-state index contributed by atoms with van der Waals surface area (Å²) in [6.07, 6.45) is 10.4. The number of hydrogen-bond donors (Lipinski definition) is 1. The summed E-state index contributed by atoms with van der Waals surface area (Å²) in [6, 6.07) is 7.03. The zero-order valence-electron chi connectivity index (χ0n) is 12.7. The van der Waals surface area contributed by atoms with Crippen molar-refractivity contribution in [1.29, 1.82) is 0 Å². The molecule has 1 aromatic carbocycles. The summed E-state index contributed by atoms with van der Waals surface area (Å²) < 4.78 is 1.22. The highest BCUT2D eigenvalue weighted by atomic mass is 79.9. The molecular weight excluding hydrogens is 310 g/mol. The Morgan fingerprint density at radius 3 is 2.80 bits per heavy atom. The van der Waals surface area contributed by atoms with Crippen molar-refractivity contribution in [3.8, 4) is 0 Å². The largest absolute Gasteiger partial charge is 0.307 e. The molecule has 0 bridgehead atoms. The van der Waals surface area contributed by atoms with Crippen LogP contribution in [0.3, 0.4) is 0 Å². The smallest absolute Gasteiger partial charge is 0.0547 e. The molecule has 0 fully saturated rings. The van der Waals surface area contributed by atoms with Crippen LogP contribution in [0.5, 0.6) is 0 Å². The number of nitrogens with one attached hydrogen (secondary N) is 1. The number of halogens is 1. The number of hydrogen-bond acceptors (Lipinski definition) is 1. The predicted molar refractivity (Wildman–Crippen MR) is 91.1 cm³/mol. The van der Waals surface area contributed by atoms with Gasteiger partial charge in [0.2, 0.25) is 0 Å². The van der Waals surface area contributed by atoms with Crippen LogP contribution in [0.4, 0.5) is 0 Å². The summed E-state index contributed by atoms with van der Waals surface area (Å²) in [7, 11) is 0. The van der Waals surface area contributed by atoms with Gasteiger partial charge in [0.1, 0.15) is 0 Å². The van der Waals surface area contributed by atoms with E-state index in [0.717, 1.165) is 6.54 Å². The van der Waals surface area contributed by atoms with Gasteiger partial charge in [-0.05, 0) is 50.8 Å². The Bertz CT molecular complexity index is 464. The van der Waals surface area contributed by atoms with Gasteiger partial charge in [-0.3, -0.25) is 0 Å². The van der Waals surface area contributed by atoms with E-state index in [4.69, 9.17) is 0 Å². The lowest BCUT2D eigenvalue weighted by Crippen LogP contribution is -2.23. The molecule has 2 heteroatoms. The lowest BCUT2D eigenvalue weighted by Gasteiger charge is -2.25. The molecule has 1 atom stereocenters. The van der Waals surface area contributed by atoms with E-state index in [1.165, 1.54) is 54.1 Å². The Balaban J connectivity index is 2.31. The molecular formula is C18H26BrN. The van der Waals surface area contributed by atoms with Crippen molar-refractivity contribution in [2.75, 3.05) is 6.54 Å². The summed E-state index contributed by atoms with van der Waals surface area (Å²) in [4.78, 5) is 0. The van der Waals surface area contributed by atoms with Crippen molar-refractivity contribution < 1.29 is 0 Å². The van der Waals surface area contributed by atoms with Crippen LogP contribution >= 0.6 is 15.9 Å². The molecule has 20 heavy (non-hydrogen) atoms. The van der Waals surface area contributed by atoms with E-state index >= 15 is 0 Å². The topological polar surface area (TPSA) is 12.0 Å². The van der Waals surface area contributed by atoms with Crippen LogP contribution in [-0.4, -0.2) is 6.54 Å². The van der Waals surface area contributed by atoms with Crippen molar-refractivity contribution in [2.24, 2.45) is 0 Å². The van der Waals surface area contributed by atoms with E-state index in [0.29, 0.717) is 6.04 Å². The van der Waals surface area contributed by atoms with Gasteiger partial charge in [0.05, 0.1) is 6.04 Å². The molecule has 1 unspecified atom stereocenters. The second-order valence-corrected chi connectivity index (χ2v) is 6.60. The highest BCUT2D eigenvalue weighted by Crippen LogP contribution is 2.33. The zero-order valence-corrected chi connectivity index (χ0v) is 14.3. The molecule has 2 rings (SSSR count). The van der Waals surface area contributed by atoms with Gasteiger partial charge in [-0.15, -0.1) is 0 Å². The number of rotatable bonds is 4. The highest BCUT2D eigenvalue weighted by molar-refractivity contribution is 9.10. The Labute approximate surface area is 132 Å². The maximum atomic E-state index is 3.74. The molecule has 1 aliphatic carbocycles. The molecule has 110 valence electrons. The fourth-order valence-electron chi connectivity index (χ4n) is 3.01. The number of aryl methyl sites for hydroxylation is 1. The van der Waals surface area contributed by atoms with Crippen molar-refractivity contribution in [2.45, 2.75) is 58.4 Å². The molecule has 0 saturated carbocycles. The molecule has 0 aromatic heterocycles. The maximum Gasteiger partial charge on any atom is 0.0547 e. The lowest BCUT2D eigenvalue weighted by atomic mass is 9.90. The van der Waals surface area contributed by atoms with Crippen molar-refractivity contribution in [1.82, 2.24) is 5.32 Å². The SMILES string of the molecule is CCNC(/C1=C/CCCCCC1)c1cc(C)ccc1Br. The van der Waals surface area contributed by atoms with Gasteiger partial charge in [-0.2, -0.15) is 0 Å². The molecule has 0 amide bonds. The third-order valence-corrected chi connectivity index (χ3v) is 4.79. The average molecular weight is 336 g/mol. The van der Waals surface area contributed by atoms with Gasteiger partial charge in [-0.1, -0.05) is 65.0 Å².